The Morgan fingerprint density at radius 2 is 1.83 bits per heavy atom. The second-order valence-corrected chi connectivity index (χ2v) is 6.06. The van der Waals surface area contributed by atoms with E-state index in [2.05, 4.69) is 15.9 Å². The van der Waals surface area contributed by atoms with Crippen LogP contribution >= 0.6 is 27.5 Å². The highest BCUT2D eigenvalue weighted by Crippen LogP contribution is 2.25. The average molecular weight is 398 g/mol. The molecule has 23 heavy (non-hydrogen) atoms. The number of ketones is 1. The van der Waals surface area contributed by atoms with E-state index >= 15 is 0 Å². The quantitative estimate of drug-likeness (QED) is 0.544. The fourth-order valence-corrected chi connectivity index (χ4v) is 2.41. The van der Waals surface area contributed by atoms with Gasteiger partial charge in [0, 0.05) is 10.0 Å². The van der Waals surface area contributed by atoms with Gasteiger partial charge in [0.1, 0.15) is 5.75 Å². The van der Waals surface area contributed by atoms with Crippen LogP contribution in [-0.2, 0) is 16.0 Å². The number of carbonyl (C=O) groups is 2. The minimum Gasteiger partial charge on any atom is -0.495 e. The summed E-state index contributed by atoms with van der Waals surface area (Å²) in [6, 6.07) is 12.0. The lowest BCUT2D eigenvalue weighted by Crippen LogP contribution is -2.15. The molecule has 0 atom stereocenters. The molecule has 0 aromatic heterocycles. The molecule has 0 unspecified atom stereocenters. The number of halogens is 2. The molecule has 2 rings (SSSR count). The lowest BCUT2D eigenvalue weighted by Gasteiger charge is -2.07. The summed E-state index contributed by atoms with van der Waals surface area (Å²) in [5.74, 6) is -0.297. The zero-order chi connectivity index (χ0) is 16.8. The monoisotopic (exact) mass is 396 g/mol. The smallest absolute Gasteiger partial charge is 0.310 e. The van der Waals surface area contributed by atoms with Crippen molar-refractivity contribution in [1.82, 2.24) is 0 Å². The van der Waals surface area contributed by atoms with Gasteiger partial charge in [-0.25, -0.2) is 0 Å². The van der Waals surface area contributed by atoms with Gasteiger partial charge in [-0.05, 0) is 35.9 Å². The van der Waals surface area contributed by atoms with Gasteiger partial charge in [0.2, 0.25) is 0 Å². The minimum absolute atomic E-state index is 0.115. The van der Waals surface area contributed by atoms with Crippen molar-refractivity contribution >= 4 is 39.3 Å². The predicted octanol–water partition coefficient (Wildman–Crippen LogP) is 4.08. The van der Waals surface area contributed by atoms with Crippen LogP contribution in [0.25, 0.3) is 0 Å². The van der Waals surface area contributed by atoms with E-state index in [4.69, 9.17) is 21.1 Å². The van der Waals surface area contributed by atoms with Crippen LogP contribution in [0.5, 0.6) is 5.75 Å². The summed E-state index contributed by atoms with van der Waals surface area (Å²) in [7, 11) is 1.49. The number of hydrogen-bond donors (Lipinski definition) is 0. The Morgan fingerprint density at radius 1 is 1.13 bits per heavy atom. The predicted molar refractivity (Wildman–Crippen MR) is 91.1 cm³/mol. The Balaban J connectivity index is 1.89. The molecule has 0 heterocycles. The number of ether oxygens (including phenoxy) is 2. The first-order chi connectivity index (χ1) is 11.0. The minimum atomic E-state index is -0.458. The zero-order valence-electron chi connectivity index (χ0n) is 12.3. The molecule has 0 radical (unpaired) electrons. The van der Waals surface area contributed by atoms with E-state index in [1.807, 2.05) is 24.3 Å². The van der Waals surface area contributed by atoms with Gasteiger partial charge in [-0.15, -0.1) is 0 Å². The molecule has 0 saturated carbocycles. The van der Waals surface area contributed by atoms with Crippen LogP contribution in [0.1, 0.15) is 15.9 Å². The van der Waals surface area contributed by atoms with E-state index in [0.29, 0.717) is 16.3 Å². The summed E-state index contributed by atoms with van der Waals surface area (Å²) in [6.07, 6.45) is 0.115. The topological polar surface area (TPSA) is 52.6 Å². The Hall–Kier alpha value is -1.85. The van der Waals surface area contributed by atoms with Gasteiger partial charge < -0.3 is 9.47 Å². The van der Waals surface area contributed by atoms with E-state index in [0.717, 1.165) is 10.0 Å². The molecule has 0 aliphatic carbocycles. The summed E-state index contributed by atoms with van der Waals surface area (Å²) >= 11 is 9.29. The van der Waals surface area contributed by atoms with Crippen molar-refractivity contribution in [2.45, 2.75) is 6.42 Å². The highest BCUT2D eigenvalue weighted by molar-refractivity contribution is 9.10. The highest BCUT2D eigenvalue weighted by atomic mass is 79.9. The molecule has 4 nitrogen and oxygen atoms in total. The van der Waals surface area contributed by atoms with E-state index < -0.39 is 5.97 Å². The van der Waals surface area contributed by atoms with E-state index in [1.54, 1.807) is 12.1 Å². The fraction of sp³-hybridized carbons (Fsp3) is 0.176. The Kier molecular flexibility index (Phi) is 6.19. The molecule has 0 bridgehead atoms. The van der Waals surface area contributed by atoms with E-state index in [-0.39, 0.29) is 18.8 Å². The first kappa shape index (κ1) is 17.5. The summed E-state index contributed by atoms with van der Waals surface area (Å²) in [4.78, 5) is 23.8. The highest BCUT2D eigenvalue weighted by Gasteiger charge is 2.12. The molecule has 0 aliphatic rings. The maximum absolute atomic E-state index is 12.0. The zero-order valence-corrected chi connectivity index (χ0v) is 14.7. The van der Waals surface area contributed by atoms with Crippen molar-refractivity contribution in [3.05, 3.63) is 63.1 Å². The normalized spacial score (nSPS) is 10.2. The Labute approximate surface area is 147 Å². The number of rotatable bonds is 6. The summed E-state index contributed by atoms with van der Waals surface area (Å²) in [5.41, 5.74) is 1.19. The molecule has 6 heteroatoms. The first-order valence-electron chi connectivity index (χ1n) is 6.76. The molecule has 0 fully saturated rings. The van der Waals surface area contributed by atoms with Crippen LogP contribution in [0.3, 0.4) is 0 Å². The Bertz CT molecular complexity index is 713. The third kappa shape index (κ3) is 5.08. The molecular weight excluding hydrogens is 384 g/mol. The molecule has 0 spiro atoms. The number of hydrogen-bond acceptors (Lipinski definition) is 4. The molecule has 0 saturated heterocycles. The van der Waals surface area contributed by atoms with Crippen LogP contribution < -0.4 is 4.74 Å². The lowest BCUT2D eigenvalue weighted by atomic mass is 10.1. The van der Waals surface area contributed by atoms with Crippen LogP contribution in [0, 0.1) is 0 Å². The maximum Gasteiger partial charge on any atom is 0.310 e. The van der Waals surface area contributed by atoms with Gasteiger partial charge >= 0.3 is 5.97 Å². The van der Waals surface area contributed by atoms with E-state index in [1.165, 1.54) is 13.2 Å². The van der Waals surface area contributed by atoms with Gasteiger partial charge in [-0.3, -0.25) is 9.59 Å². The van der Waals surface area contributed by atoms with Crippen molar-refractivity contribution in [1.29, 1.82) is 0 Å². The van der Waals surface area contributed by atoms with Gasteiger partial charge in [-0.2, -0.15) is 0 Å². The van der Waals surface area contributed by atoms with Crippen LogP contribution in [0.2, 0.25) is 5.02 Å². The fourth-order valence-electron chi connectivity index (χ4n) is 1.89. The van der Waals surface area contributed by atoms with Crippen molar-refractivity contribution in [3.63, 3.8) is 0 Å². The number of esters is 1. The van der Waals surface area contributed by atoms with Gasteiger partial charge in [0.25, 0.3) is 0 Å². The van der Waals surface area contributed by atoms with Crippen LogP contribution in [0.4, 0.5) is 0 Å². The number of methoxy groups -OCH3 is 1. The molecule has 0 aliphatic heterocycles. The molecule has 0 N–H and O–H groups in total. The second kappa shape index (κ2) is 8.13. The van der Waals surface area contributed by atoms with Gasteiger partial charge in [0.05, 0.1) is 18.6 Å². The van der Waals surface area contributed by atoms with Crippen LogP contribution in [0.15, 0.2) is 46.9 Å². The maximum atomic E-state index is 12.0. The summed E-state index contributed by atoms with van der Waals surface area (Å²) in [5, 5.41) is 0.333. The molecule has 2 aromatic rings. The van der Waals surface area contributed by atoms with Gasteiger partial charge in [-0.1, -0.05) is 39.7 Å². The lowest BCUT2D eigenvalue weighted by molar-refractivity contribution is -0.141. The number of carbonyl (C=O) groups excluding carboxylic acids is 2. The number of benzene rings is 2. The summed E-state index contributed by atoms with van der Waals surface area (Å²) < 4.78 is 11.0. The molecule has 0 amide bonds. The standard InChI is InChI=1S/C17H14BrClO4/c1-22-16-7-4-12(9-14(16)19)15(20)10-23-17(21)8-11-2-5-13(18)6-3-11/h2-7,9H,8,10H2,1H3. The third-order valence-corrected chi connectivity index (χ3v) is 3.92. The van der Waals surface area contributed by atoms with Crippen molar-refractivity contribution in [2.24, 2.45) is 0 Å². The van der Waals surface area contributed by atoms with E-state index in [9.17, 15) is 9.59 Å². The van der Waals surface area contributed by atoms with Crippen molar-refractivity contribution in [2.75, 3.05) is 13.7 Å². The van der Waals surface area contributed by atoms with Crippen molar-refractivity contribution in [3.8, 4) is 5.75 Å². The van der Waals surface area contributed by atoms with Crippen LogP contribution in [-0.4, -0.2) is 25.5 Å². The largest absolute Gasteiger partial charge is 0.495 e. The second-order valence-electron chi connectivity index (χ2n) is 4.74. The number of Topliss-reactive ketones (excluding diaryl/α,β-unsaturated/α-hetero) is 1. The summed E-state index contributed by atoms with van der Waals surface area (Å²) in [6.45, 7) is -0.321. The van der Waals surface area contributed by atoms with Gasteiger partial charge in [0.15, 0.2) is 12.4 Å². The molecule has 2 aromatic carbocycles. The molecule has 120 valence electrons. The molecular formula is C17H14BrClO4. The van der Waals surface area contributed by atoms with Crippen molar-refractivity contribution < 1.29 is 19.1 Å². The Morgan fingerprint density at radius 3 is 2.43 bits per heavy atom. The third-order valence-electron chi connectivity index (χ3n) is 3.10. The average Bonchev–Trinajstić information content (AvgIpc) is 2.54. The SMILES string of the molecule is COc1ccc(C(=O)COC(=O)Cc2ccc(Br)cc2)cc1Cl. The first-order valence-corrected chi connectivity index (χ1v) is 7.93.